The number of esters is 2. The molecule has 14 heavy (non-hydrogen) atoms. The van der Waals surface area contributed by atoms with E-state index < -0.39 is 5.41 Å². The average molecular weight is 195 g/mol. The van der Waals surface area contributed by atoms with E-state index in [-0.39, 0.29) is 11.9 Å². The van der Waals surface area contributed by atoms with Crippen LogP contribution < -0.4 is 0 Å². The van der Waals surface area contributed by atoms with Crippen molar-refractivity contribution >= 4 is 11.9 Å². The van der Waals surface area contributed by atoms with Crippen LogP contribution in [0, 0.1) is 11.3 Å². The zero-order valence-electron chi connectivity index (χ0n) is 7.99. The van der Waals surface area contributed by atoms with Crippen molar-refractivity contribution in [3.05, 3.63) is 0 Å². The van der Waals surface area contributed by atoms with E-state index in [0.717, 1.165) is 32.5 Å². The van der Waals surface area contributed by atoms with Crippen LogP contribution in [0.5, 0.6) is 0 Å². The van der Waals surface area contributed by atoms with Gasteiger partial charge in [0.2, 0.25) is 0 Å². The lowest BCUT2D eigenvalue weighted by Gasteiger charge is -2.48. The Morgan fingerprint density at radius 1 is 1.29 bits per heavy atom. The van der Waals surface area contributed by atoms with Gasteiger partial charge in [-0.1, -0.05) is 0 Å². The maximum atomic E-state index is 11.7. The van der Waals surface area contributed by atoms with Crippen molar-refractivity contribution in [2.75, 3.05) is 19.6 Å². The minimum absolute atomic E-state index is 0.267. The molecule has 0 saturated carbocycles. The lowest BCUT2D eigenvalue weighted by Crippen LogP contribution is -2.56. The summed E-state index contributed by atoms with van der Waals surface area (Å²) in [4.78, 5) is 25.1. The van der Waals surface area contributed by atoms with Crippen molar-refractivity contribution in [2.45, 2.75) is 19.3 Å². The fourth-order valence-corrected chi connectivity index (χ4v) is 3.17. The topological polar surface area (TPSA) is 46.6 Å². The molecule has 1 spiro atoms. The summed E-state index contributed by atoms with van der Waals surface area (Å²) in [5.74, 6) is -0.216. The monoisotopic (exact) mass is 195 g/mol. The lowest BCUT2D eigenvalue weighted by molar-refractivity contribution is -0.160. The highest BCUT2D eigenvalue weighted by atomic mass is 16.6. The van der Waals surface area contributed by atoms with Gasteiger partial charge in [0.15, 0.2) is 0 Å². The van der Waals surface area contributed by atoms with Gasteiger partial charge in [-0.2, -0.15) is 0 Å². The van der Waals surface area contributed by atoms with E-state index in [9.17, 15) is 9.59 Å². The van der Waals surface area contributed by atoms with E-state index in [4.69, 9.17) is 4.74 Å². The molecule has 0 aromatic carbocycles. The average Bonchev–Trinajstić information content (AvgIpc) is 2.43. The first kappa shape index (κ1) is 8.41. The second-order valence-corrected chi connectivity index (χ2v) is 4.64. The van der Waals surface area contributed by atoms with Crippen LogP contribution in [-0.4, -0.2) is 36.5 Å². The third-order valence-electron chi connectivity index (χ3n) is 3.95. The van der Waals surface area contributed by atoms with E-state index in [1.54, 1.807) is 0 Å². The number of hydrogen-bond donors (Lipinski definition) is 0. The van der Waals surface area contributed by atoms with Crippen molar-refractivity contribution in [3.63, 3.8) is 0 Å². The molecule has 0 amide bonds. The minimum Gasteiger partial charge on any atom is -0.393 e. The fraction of sp³-hybridized carbons (Fsp3) is 0.800. The minimum atomic E-state index is -0.465. The third-order valence-corrected chi connectivity index (χ3v) is 3.95. The Bertz CT molecular complexity index is 306. The quantitative estimate of drug-likeness (QED) is 0.408. The third kappa shape index (κ3) is 0.919. The van der Waals surface area contributed by atoms with Gasteiger partial charge in [-0.3, -0.25) is 9.59 Å². The molecular formula is C10H13NO3. The standard InChI is InChI=1S/C10H13NO3/c12-8-5-10(9(13)14-8)6-11-3-1-7(10)2-4-11/h7H,1-6H2. The molecule has 4 saturated heterocycles. The van der Waals surface area contributed by atoms with Crippen molar-refractivity contribution < 1.29 is 14.3 Å². The first-order valence-corrected chi connectivity index (χ1v) is 5.18. The van der Waals surface area contributed by atoms with Crippen LogP contribution in [0.15, 0.2) is 0 Å². The summed E-state index contributed by atoms with van der Waals surface area (Å²) in [6.45, 7) is 2.89. The smallest absolute Gasteiger partial charge is 0.321 e. The van der Waals surface area contributed by atoms with Gasteiger partial charge in [-0.25, -0.2) is 0 Å². The molecule has 1 unspecified atom stereocenters. The highest BCUT2D eigenvalue weighted by Crippen LogP contribution is 2.48. The van der Waals surface area contributed by atoms with Crippen molar-refractivity contribution in [2.24, 2.45) is 11.3 Å². The summed E-state index contributed by atoms with van der Waals surface area (Å²) < 4.78 is 4.70. The second-order valence-electron chi connectivity index (χ2n) is 4.64. The van der Waals surface area contributed by atoms with Crippen molar-refractivity contribution in [1.29, 1.82) is 0 Å². The molecule has 4 rings (SSSR count). The maximum Gasteiger partial charge on any atom is 0.321 e. The molecule has 0 aromatic heterocycles. The molecule has 4 heterocycles. The zero-order chi connectivity index (χ0) is 9.76. The Balaban J connectivity index is 1.96. The van der Waals surface area contributed by atoms with E-state index in [1.165, 1.54) is 0 Å². The molecule has 2 bridgehead atoms. The van der Waals surface area contributed by atoms with Crippen LogP contribution in [0.2, 0.25) is 0 Å². The summed E-state index contributed by atoms with van der Waals surface area (Å²) >= 11 is 0. The first-order chi connectivity index (χ1) is 6.71. The Hall–Kier alpha value is -0.900. The largest absolute Gasteiger partial charge is 0.393 e. The predicted molar refractivity (Wildman–Crippen MR) is 47.3 cm³/mol. The van der Waals surface area contributed by atoms with Gasteiger partial charge in [-0.15, -0.1) is 0 Å². The number of cyclic esters (lactones) is 2. The fourth-order valence-electron chi connectivity index (χ4n) is 3.17. The Morgan fingerprint density at radius 3 is 2.43 bits per heavy atom. The predicted octanol–water partition coefficient (Wildman–Crippen LogP) is 0.172. The normalized spacial score (nSPS) is 46.0. The Morgan fingerprint density at radius 2 is 2.00 bits per heavy atom. The van der Waals surface area contributed by atoms with E-state index in [0.29, 0.717) is 12.3 Å². The molecule has 4 aliphatic heterocycles. The van der Waals surface area contributed by atoms with Crippen molar-refractivity contribution in [3.8, 4) is 0 Å². The molecule has 0 aromatic rings. The second kappa shape index (κ2) is 2.57. The lowest BCUT2D eigenvalue weighted by atomic mass is 9.66. The van der Waals surface area contributed by atoms with Gasteiger partial charge in [0.25, 0.3) is 0 Å². The van der Waals surface area contributed by atoms with E-state index >= 15 is 0 Å². The van der Waals surface area contributed by atoms with Gasteiger partial charge in [0.1, 0.15) is 0 Å². The number of fused-ring (bicyclic) bond motifs is 2. The molecule has 0 N–H and O–H groups in total. The SMILES string of the molecule is O=C1CC2(CN3CCC2CC3)C(=O)O1. The molecule has 4 heteroatoms. The molecule has 76 valence electrons. The number of rotatable bonds is 0. The highest BCUT2D eigenvalue weighted by molar-refractivity contribution is 5.98. The van der Waals surface area contributed by atoms with Crippen LogP contribution in [-0.2, 0) is 14.3 Å². The summed E-state index contributed by atoms with van der Waals surface area (Å²) in [5.41, 5.74) is -0.465. The van der Waals surface area contributed by atoms with Crippen LogP contribution in [0.4, 0.5) is 0 Å². The van der Waals surface area contributed by atoms with Crippen LogP contribution in [0.3, 0.4) is 0 Å². The summed E-state index contributed by atoms with van der Waals surface area (Å²) in [6.07, 6.45) is 2.40. The summed E-state index contributed by atoms with van der Waals surface area (Å²) in [5, 5.41) is 0. The molecule has 1 atom stereocenters. The number of nitrogens with zero attached hydrogens (tertiary/aromatic N) is 1. The molecule has 4 nitrogen and oxygen atoms in total. The van der Waals surface area contributed by atoms with Crippen LogP contribution in [0.25, 0.3) is 0 Å². The number of piperidine rings is 3. The van der Waals surface area contributed by atoms with Gasteiger partial charge < -0.3 is 9.64 Å². The van der Waals surface area contributed by atoms with Gasteiger partial charge in [-0.05, 0) is 31.8 Å². The highest BCUT2D eigenvalue weighted by Gasteiger charge is 2.58. The van der Waals surface area contributed by atoms with Gasteiger partial charge in [0.05, 0.1) is 11.8 Å². The number of ether oxygens (including phenoxy) is 1. The maximum absolute atomic E-state index is 11.7. The van der Waals surface area contributed by atoms with Crippen LogP contribution in [0.1, 0.15) is 19.3 Å². The Kier molecular flexibility index (Phi) is 1.54. The molecule has 4 fully saturated rings. The number of carbonyl (C=O) groups excluding carboxylic acids is 2. The van der Waals surface area contributed by atoms with E-state index in [1.807, 2.05) is 0 Å². The van der Waals surface area contributed by atoms with E-state index in [2.05, 4.69) is 4.90 Å². The van der Waals surface area contributed by atoms with Crippen LogP contribution >= 0.6 is 0 Å². The van der Waals surface area contributed by atoms with Crippen molar-refractivity contribution in [1.82, 2.24) is 4.90 Å². The number of carbonyl (C=O) groups is 2. The first-order valence-electron chi connectivity index (χ1n) is 5.18. The molecule has 4 aliphatic rings. The molecule has 0 aliphatic carbocycles. The van der Waals surface area contributed by atoms with Gasteiger partial charge >= 0.3 is 11.9 Å². The summed E-state index contributed by atoms with van der Waals surface area (Å²) in [7, 11) is 0. The number of hydrogen-bond acceptors (Lipinski definition) is 4. The Labute approximate surface area is 82.2 Å². The van der Waals surface area contributed by atoms with Gasteiger partial charge in [0, 0.05) is 6.54 Å². The summed E-state index contributed by atoms with van der Waals surface area (Å²) in [6, 6.07) is 0. The molecular weight excluding hydrogens is 182 g/mol. The molecule has 0 radical (unpaired) electrons. The zero-order valence-corrected chi connectivity index (χ0v) is 7.99.